The first-order valence-corrected chi connectivity index (χ1v) is 8.70. The van der Waals surface area contributed by atoms with Gasteiger partial charge in [-0.1, -0.05) is 11.6 Å². The number of hydrogen-bond acceptors (Lipinski definition) is 3. The van der Waals surface area contributed by atoms with Crippen molar-refractivity contribution in [2.75, 3.05) is 53.9 Å². The second-order valence-electron chi connectivity index (χ2n) is 6.63. The van der Waals surface area contributed by atoms with E-state index in [-0.39, 0.29) is 24.0 Å². The molecule has 2 rings (SSSR count). The van der Waals surface area contributed by atoms with Gasteiger partial charge in [0.25, 0.3) is 0 Å². The summed E-state index contributed by atoms with van der Waals surface area (Å²) in [6, 6.07) is 0.554. The summed E-state index contributed by atoms with van der Waals surface area (Å²) in [4.78, 5) is 9.18. The molecular formula is C17H34IN5. The van der Waals surface area contributed by atoms with E-state index in [4.69, 9.17) is 0 Å². The molecule has 134 valence electrons. The van der Waals surface area contributed by atoms with E-state index in [1.54, 1.807) is 5.57 Å². The molecule has 0 spiro atoms. The number of allylic oxidation sites excluding steroid dienone is 1. The highest BCUT2D eigenvalue weighted by molar-refractivity contribution is 14.0. The number of aliphatic imine (C=N–C) groups is 1. The summed E-state index contributed by atoms with van der Waals surface area (Å²) in [5.41, 5.74) is 1.61. The Morgan fingerprint density at radius 1 is 1.26 bits per heavy atom. The van der Waals surface area contributed by atoms with E-state index in [9.17, 15) is 0 Å². The van der Waals surface area contributed by atoms with Crippen molar-refractivity contribution in [3.8, 4) is 0 Å². The van der Waals surface area contributed by atoms with Crippen LogP contribution in [0.25, 0.3) is 0 Å². The SMILES string of the molecule is CN=C(NCCC1=CCCCC1)NCC1CN(C)CCN1C.I. The fraction of sp³-hybridized carbons (Fsp3) is 0.824. The van der Waals surface area contributed by atoms with Gasteiger partial charge >= 0.3 is 0 Å². The van der Waals surface area contributed by atoms with Gasteiger partial charge in [0.1, 0.15) is 0 Å². The lowest BCUT2D eigenvalue weighted by molar-refractivity contribution is 0.116. The largest absolute Gasteiger partial charge is 0.356 e. The normalized spacial score (nSPS) is 23.9. The number of hydrogen-bond donors (Lipinski definition) is 2. The first-order valence-electron chi connectivity index (χ1n) is 8.70. The van der Waals surface area contributed by atoms with Crippen LogP contribution in [0.2, 0.25) is 0 Å². The van der Waals surface area contributed by atoms with Gasteiger partial charge in [-0.3, -0.25) is 9.89 Å². The highest BCUT2D eigenvalue weighted by Crippen LogP contribution is 2.19. The zero-order valence-corrected chi connectivity index (χ0v) is 17.3. The van der Waals surface area contributed by atoms with Crippen LogP contribution in [0.5, 0.6) is 0 Å². The molecule has 0 amide bonds. The molecular weight excluding hydrogens is 401 g/mol. The molecule has 0 bridgehead atoms. The molecule has 2 N–H and O–H groups in total. The minimum atomic E-state index is 0. The Kier molecular flexibility index (Phi) is 10.1. The Morgan fingerprint density at radius 3 is 2.78 bits per heavy atom. The van der Waals surface area contributed by atoms with Gasteiger partial charge in [-0.15, -0.1) is 24.0 Å². The fourth-order valence-electron chi connectivity index (χ4n) is 3.23. The van der Waals surface area contributed by atoms with Gasteiger partial charge in [0.05, 0.1) is 0 Å². The van der Waals surface area contributed by atoms with Gasteiger partial charge in [-0.05, 0) is 46.2 Å². The van der Waals surface area contributed by atoms with Crippen molar-refractivity contribution in [2.24, 2.45) is 4.99 Å². The maximum atomic E-state index is 4.34. The number of nitrogens with zero attached hydrogens (tertiary/aromatic N) is 3. The minimum absolute atomic E-state index is 0. The van der Waals surface area contributed by atoms with E-state index in [0.29, 0.717) is 6.04 Å². The van der Waals surface area contributed by atoms with Crippen LogP contribution >= 0.6 is 24.0 Å². The molecule has 0 aromatic heterocycles. The Morgan fingerprint density at radius 2 is 2.09 bits per heavy atom. The lowest BCUT2D eigenvalue weighted by Crippen LogP contribution is -2.55. The van der Waals surface area contributed by atoms with Crippen LogP contribution in [-0.4, -0.2) is 75.7 Å². The van der Waals surface area contributed by atoms with Crippen LogP contribution < -0.4 is 10.6 Å². The maximum absolute atomic E-state index is 4.34. The fourth-order valence-corrected chi connectivity index (χ4v) is 3.23. The molecule has 23 heavy (non-hydrogen) atoms. The van der Waals surface area contributed by atoms with E-state index in [1.165, 1.54) is 25.7 Å². The van der Waals surface area contributed by atoms with Crippen molar-refractivity contribution in [1.29, 1.82) is 0 Å². The van der Waals surface area contributed by atoms with E-state index >= 15 is 0 Å². The topological polar surface area (TPSA) is 42.9 Å². The van der Waals surface area contributed by atoms with Gasteiger partial charge in [0.2, 0.25) is 0 Å². The minimum Gasteiger partial charge on any atom is -0.356 e. The average Bonchev–Trinajstić information content (AvgIpc) is 2.54. The first kappa shape index (κ1) is 20.7. The smallest absolute Gasteiger partial charge is 0.191 e. The maximum Gasteiger partial charge on any atom is 0.191 e. The van der Waals surface area contributed by atoms with Crippen LogP contribution in [0.3, 0.4) is 0 Å². The molecule has 6 heteroatoms. The highest BCUT2D eigenvalue weighted by Gasteiger charge is 2.21. The van der Waals surface area contributed by atoms with Gasteiger partial charge < -0.3 is 15.5 Å². The van der Waals surface area contributed by atoms with Crippen molar-refractivity contribution in [2.45, 2.75) is 38.1 Å². The number of likely N-dealkylation sites (N-methyl/N-ethyl adjacent to an activating group) is 2. The molecule has 0 aromatic carbocycles. The Hall–Kier alpha value is -0.340. The highest BCUT2D eigenvalue weighted by atomic mass is 127. The summed E-state index contributed by atoms with van der Waals surface area (Å²) in [6.07, 6.45) is 8.85. The summed E-state index contributed by atoms with van der Waals surface area (Å²) in [5, 5.41) is 6.93. The third-order valence-corrected chi connectivity index (χ3v) is 4.83. The summed E-state index contributed by atoms with van der Waals surface area (Å²) in [6.45, 7) is 5.35. The predicted octanol–water partition coefficient (Wildman–Crippen LogP) is 1.91. The Labute approximate surface area is 159 Å². The molecule has 1 aliphatic heterocycles. The molecule has 1 fully saturated rings. The molecule has 0 radical (unpaired) electrons. The van der Waals surface area contributed by atoms with Crippen molar-refractivity contribution in [3.05, 3.63) is 11.6 Å². The molecule has 1 atom stereocenters. The predicted molar refractivity (Wildman–Crippen MR) is 110 cm³/mol. The molecule has 1 unspecified atom stereocenters. The second kappa shape index (κ2) is 11.3. The van der Waals surface area contributed by atoms with Crippen LogP contribution in [0.4, 0.5) is 0 Å². The molecule has 5 nitrogen and oxygen atoms in total. The number of halogens is 1. The quantitative estimate of drug-likeness (QED) is 0.300. The molecule has 1 heterocycles. The number of nitrogens with one attached hydrogen (secondary N) is 2. The molecule has 1 saturated heterocycles. The second-order valence-corrected chi connectivity index (χ2v) is 6.63. The third-order valence-electron chi connectivity index (χ3n) is 4.83. The Balaban J connectivity index is 0.00000264. The average molecular weight is 435 g/mol. The van der Waals surface area contributed by atoms with Crippen LogP contribution in [0, 0.1) is 0 Å². The zero-order chi connectivity index (χ0) is 15.8. The van der Waals surface area contributed by atoms with Crippen LogP contribution in [0.15, 0.2) is 16.6 Å². The number of rotatable bonds is 5. The van der Waals surface area contributed by atoms with Crippen LogP contribution in [0.1, 0.15) is 32.1 Å². The van der Waals surface area contributed by atoms with Crippen molar-refractivity contribution in [1.82, 2.24) is 20.4 Å². The van der Waals surface area contributed by atoms with Crippen molar-refractivity contribution < 1.29 is 0 Å². The standard InChI is InChI=1S/C17H33N5.HI/c1-18-17(19-10-9-15-7-5-4-6-8-15)20-13-16-14-21(2)11-12-22(16)3;/h7,16H,4-6,8-14H2,1-3H3,(H2,18,19,20);1H. The van der Waals surface area contributed by atoms with E-state index in [1.807, 2.05) is 7.05 Å². The van der Waals surface area contributed by atoms with E-state index < -0.39 is 0 Å². The van der Waals surface area contributed by atoms with Crippen LogP contribution in [-0.2, 0) is 0 Å². The molecule has 0 aromatic rings. The van der Waals surface area contributed by atoms with Gasteiger partial charge in [0, 0.05) is 45.8 Å². The van der Waals surface area contributed by atoms with Gasteiger partial charge in [-0.25, -0.2) is 0 Å². The van der Waals surface area contributed by atoms with Crippen molar-refractivity contribution >= 4 is 29.9 Å². The summed E-state index contributed by atoms with van der Waals surface area (Å²) in [7, 11) is 6.27. The lowest BCUT2D eigenvalue weighted by atomic mass is 9.97. The van der Waals surface area contributed by atoms with E-state index in [0.717, 1.165) is 45.1 Å². The van der Waals surface area contributed by atoms with E-state index in [2.05, 4.69) is 45.6 Å². The summed E-state index contributed by atoms with van der Waals surface area (Å²) >= 11 is 0. The van der Waals surface area contributed by atoms with Gasteiger partial charge in [-0.2, -0.15) is 0 Å². The molecule has 2 aliphatic rings. The monoisotopic (exact) mass is 435 g/mol. The van der Waals surface area contributed by atoms with Crippen molar-refractivity contribution in [3.63, 3.8) is 0 Å². The summed E-state index contributed by atoms with van der Waals surface area (Å²) < 4.78 is 0. The van der Waals surface area contributed by atoms with Gasteiger partial charge in [0.15, 0.2) is 5.96 Å². The molecule has 0 saturated carbocycles. The molecule has 1 aliphatic carbocycles. The first-order chi connectivity index (χ1) is 10.7. The Bertz CT molecular complexity index is 396. The number of guanidine groups is 1. The lowest BCUT2D eigenvalue weighted by Gasteiger charge is -2.37. The third kappa shape index (κ3) is 7.39. The summed E-state index contributed by atoms with van der Waals surface area (Å²) in [5.74, 6) is 0.929. The number of piperazine rings is 1. The zero-order valence-electron chi connectivity index (χ0n) is 15.0.